The summed E-state index contributed by atoms with van der Waals surface area (Å²) in [4.78, 5) is 16.7. The summed E-state index contributed by atoms with van der Waals surface area (Å²) in [6, 6.07) is 4.91. The van der Waals surface area contributed by atoms with Crippen molar-refractivity contribution in [3.63, 3.8) is 0 Å². The number of carbonyl (C=O) groups is 1. The third-order valence-corrected chi connectivity index (χ3v) is 3.77. The van der Waals surface area contributed by atoms with E-state index in [4.69, 9.17) is 16.7 Å². The SMILES string of the molecule is CSc1ccc(NC(=O)NCc2nc(CO)n[nH]2)cc1Cl. The molecular formula is C12H14ClN5O2S. The second-order valence-corrected chi connectivity index (χ2v) is 5.27. The molecule has 21 heavy (non-hydrogen) atoms. The lowest BCUT2D eigenvalue weighted by molar-refractivity contribution is 0.251. The smallest absolute Gasteiger partial charge is 0.319 e. The van der Waals surface area contributed by atoms with Crippen LogP contribution in [0.5, 0.6) is 0 Å². The van der Waals surface area contributed by atoms with Gasteiger partial charge >= 0.3 is 6.03 Å². The molecule has 2 amide bonds. The lowest BCUT2D eigenvalue weighted by Gasteiger charge is -2.08. The second kappa shape index (κ2) is 7.30. The molecule has 2 aromatic rings. The maximum absolute atomic E-state index is 11.7. The van der Waals surface area contributed by atoms with E-state index in [9.17, 15) is 4.79 Å². The molecule has 9 heteroatoms. The largest absolute Gasteiger partial charge is 0.388 e. The standard InChI is InChI=1S/C12H14ClN5O2S/c1-21-9-3-2-7(4-8(9)13)15-12(20)14-5-10-16-11(6-19)18-17-10/h2-4,19H,5-6H2,1H3,(H2,14,15,20)(H,16,17,18). The number of H-pyrrole nitrogens is 1. The van der Waals surface area contributed by atoms with Crippen molar-refractivity contribution >= 4 is 35.1 Å². The minimum atomic E-state index is -0.384. The molecule has 0 bridgehead atoms. The quantitative estimate of drug-likeness (QED) is 0.629. The minimum Gasteiger partial charge on any atom is -0.388 e. The van der Waals surface area contributed by atoms with Gasteiger partial charge in [0.2, 0.25) is 0 Å². The Morgan fingerprint density at radius 3 is 2.95 bits per heavy atom. The van der Waals surface area contributed by atoms with Gasteiger partial charge in [-0.3, -0.25) is 5.10 Å². The molecule has 0 aliphatic rings. The first-order valence-electron chi connectivity index (χ1n) is 6.01. The molecule has 4 N–H and O–H groups in total. The zero-order valence-corrected chi connectivity index (χ0v) is 12.8. The number of urea groups is 1. The summed E-state index contributed by atoms with van der Waals surface area (Å²) in [7, 11) is 0. The number of amides is 2. The highest BCUT2D eigenvalue weighted by atomic mass is 35.5. The fourth-order valence-corrected chi connectivity index (χ4v) is 2.44. The van der Waals surface area contributed by atoms with Crippen LogP contribution in [0.4, 0.5) is 10.5 Å². The highest BCUT2D eigenvalue weighted by Gasteiger charge is 2.06. The third-order valence-electron chi connectivity index (χ3n) is 2.55. The van der Waals surface area contributed by atoms with Crippen molar-refractivity contribution < 1.29 is 9.90 Å². The summed E-state index contributed by atoms with van der Waals surface area (Å²) in [5, 5.41) is 21.1. The van der Waals surface area contributed by atoms with Crippen LogP contribution < -0.4 is 10.6 Å². The van der Waals surface area contributed by atoms with E-state index in [1.54, 1.807) is 12.1 Å². The number of aromatic amines is 1. The zero-order valence-electron chi connectivity index (χ0n) is 11.2. The average Bonchev–Trinajstić information content (AvgIpc) is 2.93. The molecule has 0 fully saturated rings. The average molecular weight is 328 g/mol. The van der Waals surface area contributed by atoms with E-state index < -0.39 is 0 Å². The van der Waals surface area contributed by atoms with Gasteiger partial charge in [-0.05, 0) is 24.5 Å². The van der Waals surface area contributed by atoms with Gasteiger partial charge in [-0.2, -0.15) is 5.10 Å². The summed E-state index contributed by atoms with van der Waals surface area (Å²) in [6.07, 6.45) is 1.93. The monoisotopic (exact) mass is 327 g/mol. The fraction of sp³-hybridized carbons (Fsp3) is 0.250. The van der Waals surface area contributed by atoms with Crippen molar-refractivity contribution in [1.82, 2.24) is 20.5 Å². The number of aliphatic hydroxyl groups is 1. The molecule has 7 nitrogen and oxygen atoms in total. The molecule has 0 radical (unpaired) electrons. The normalized spacial score (nSPS) is 10.4. The molecule has 1 aromatic heterocycles. The van der Waals surface area contributed by atoms with E-state index in [1.807, 2.05) is 12.3 Å². The number of aliphatic hydroxyl groups excluding tert-OH is 1. The van der Waals surface area contributed by atoms with E-state index in [0.29, 0.717) is 16.5 Å². The van der Waals surface area contributed by atoms with Crippen LogP contribution in [0.15, 0.2) is 23.1 Å². The van der Waals surface area contributed by atoms with Crippen LogP contribution >= 0.6 is 23.4 Å². The van der Waals surface area contributed by atoms with Crippen LogP contribution in [-0.2, 0) is 13.2 Å². The first kappa shape index (κ1) is 15.6. The number of anilines is 1. The highest BCUT2D eigenvalue weighted by Crippen LogP contribution is 2.27. The topological polar surface area (TPSA) is 103 Å². The number of rotatable bonds is 5. The summed E-state index contributed by atoms with van der Waals surface area (Å²) < 4.78 is 0. The van der Waals surface area contributed by atoms with Crippen LogP contribution in [-0.4, -0.2) is 32.6 Å². The number of aromatic nitrogens is 3. The van der Waals surface area contributed by atoms with Gasteiger partial charge in [0, 0.05) is 10.6 Å². The summed E-state index contributed by atoms with van der Waals surface area (Å²) >= 11 is 7.60. The van der Waals surface area contributed by atoms with Crippen molar-refractivity contribution in [1.29, 1.82) is 0 Å². The van der Waals surface area contributed by atoms with Crippen molar-refractivity contribution in [3.05, 3.63) is 34.9 Å². The van der Waals surface area contributed by atoms with Gasteiger partial charge in [0.25, 0.3) is 0 Å². The third kappa shape index (κ3) is 4.35. The number of hydrogen-bond donors (Lipinski definition) is 4. The van der Waals surface area contributed by atoms with Crippen LogP contribution in [0.1, 0.15) is 11.6 Å². The van der Waals surface area contributed by atoms with Gasteiger partial charge < -0.3 is 15.7 Å². The number of nitrogens with one attached hydrogen (secondary N) is 3. The van der Waals surface area contributed by atoms with Gasteiger partial charge in [0.05, 0.1) is 11.6 Å². The molecule has 1 heterocycles. The zero-order chi connectivity index (χ0) is 15.2. The molecule has 112 valence electrons. The Morgan fingerprint density at radius 1 is 1.52 bits per heavy atom. The van der Waals surface area contributed by atoms with Crippen LogP contribution in [0.3, 0.4) is 0 Å². The van der Waals surface area contributed by atoms with Gasteiger partial charge in [-0.25, -0.2) is 9.78 Å². The van der Waals surface area contributed by atoms with E-state index in [1.165, 1.54) is 11.8 Å². The predicted molar refractivity (Wildman–Crippen MR) is 81.4 cm³/mol. The molecule has 0 atom stereocenters. The van der Waals surface area contributed by atoms with Crippen LogP contribution in [0, 0.1) is 0 Å². The molecule has 0 saturated heterocycles. The molecule has 0 spiro atoms. The summed E-state index contributed by atoms with van der Waals surface area (Å²) in [5.74, 6) is 0.747. The fourth-order valence-electron chi connectivity index (χ4n) is 1.57. The first-order chi connectivity index (χ1) is 10.1. The first-order valence-corrected chi connectivity index (χ1v) is 7.62. The Bertz CT molecular complexity index is 634. The predicted octanol–water partition coefficient (Wildman–Crippen LogP) is 1.99. The number of thioether (sulfide) groups is 1. The Balaban J connectivity index is 1.88. The van der Waals surface area contributed by atoms with E-state index in [0.717, 1.165) is 4.90 Å². The molecule has 0 saturated carbocycles. The van der Waals surface area contributed by atoms with Gasteiger partial charge in [0.1, 0.15) is 12.4 Å². The Kier molecular flexibility index (Phi) is 5.43. The van der Waals surface area contributed by atoms with Crippen molar-refractivity contribution in [2.45, 2.75) is 18.0 Å². The van der Waals surface area contributed by atoms with Crippen molar-refractivity contribution in [3.8, 4) is 0 Å². The Labute approximate surface area is 130 Å². The number of nitrogens with zero attached hydrogens (tertiary/aromatic N) is 2. The molecule has 2 rings (SSSR count). The number of benzene rings is 1. The van der Waals surface area contributed by atoms with E-state index in [-0.39, 0.29) is 25.0 Å². The van der Waals surface area contributed by atoms with E-state index >= 15 is 0 Å². The van der Waals surface area contributed by atoms with Crippen LogP contribution in [0.2, 0.25) is 5.02 Å². The molecule has 1 aromatic carbocycles. The molecule has 0 aliphatic carbocycles. The summed E-state index contributed by atoms with van der Waals surface area (Å²) in [5.41, 5.74) is 0.601. The highest BCUT2D eigenvalue weighted by molar-refractivity contribution is 7.98. The molecular weight excluding hydrogens is 314 g/mol. The number of halogens is 1. The minimum absolute atomic E-state index is 0.176. The van der Waals surface area contributed by atoms with Gasteiger partial charge in [-0.15, -0.1) is 11.8 Å². The van der Waals surface area contributed by atoms with Crippen molar-refractivity contribution in [2.24, 2.45) is 0 Å². The summed E-state index contributed by atoms with van der Waals surface area (Å²) in [6.45, 7) is -0.0710. The number of carbonyl (C=O) groups excluding carboxylic acids is 1. The maximum Gasteiger partial charge on any atom is 0.319 e. The van der Waals surface area contributed by atoms with Crippen LogP contribution in [0.25, 0.3) is 0 Å². The number of hydrogen-bond acceptors (Lipinski definition) is 5. The Hall–Kier alpha value is -1.77. The lowest BCUT2D eigenvalue weighted by Crippen LogP contribution is -2.28. The van der Waals surface area contributed by atoms with E-state index in [2.05, 4.69) is 25.8 Å². The second-order valence-electron chi connectivity index (χ2n) is 4.01. The molecule has 0 aliphatic heterocycles. The van der Waals surface area contributed by atoms with Gasteiger partial charge in [0.15, 0.2) is 5.82 Å². The maximum atomic E-state index is 11.7. The Morgan fingerprint density at radius 2 is 2.33 bits per heavy atom. The van der Waals surface area contributed by atoms with Crippen molar-refractivity contribution in [2.75, 3.05) is 11.6 Å². The molecule has 0 unspecified atom stereocenters. The lowest BCUT2D eigenvalue weighted by atomic mass is 10.3. The van der Waals surface area contributed by atoms with Gasteiger partial charge in [-0.1, -0.05) is 11.6 Å².